The van der Waals surface area contributed by atoms with Crippen LogP contribution >= 0.6 is 0 Å². The molecule has 4 rings (SSSR count). The molecule has 118 valence electrons. The first-order valence-corrected chi connectivity index (χ1v) is 8.32. The molecule has 1 heterocycles. The van der Waals surface area contributed by atoms with Crippen molar-refractivity contribution in [3.63, 3.8) is 0 Å². The van der Waals surface area contributed by atoms with Crippen LogP contribution in [0.2, 0.25) is 0 Å². The highest BCUT2D eigenvalue weighted by Crippen LogP contribution is 2.43. The molecule has 0 spiro atoms. The fraction of sp³-hybridized carbons (Fsp3) is 0.400. The summed E-state index contributed by atoms with van der Waals surface area (Å²) in [5, 5.41) is 0. The molecule has 0 saturated carbocycles. The highest BCUT2D eigenvalue weighted by atomic mass is 16.3. The highest BCUT2D eigenvalue weighted by Gasteiger charge is 2.37. The zero-order chi connectivity index (χ0) is 16.4. The van der Waals surface area contributed by atoms with Gasteiger partial charge in [0.15, 0.2) is 0 Å². The van der Waals surface area contributed by atoms with Gasteiger partial charge in [-0.2, -0.15) is 0 Å². The van der Waals surface area contributed by atoms with Gasteiger partial charge in [-0.3, -0.25) is 9.59 Å². The molecule has 0 bridgehead atoms. The number of rotatable bonds is 1. The Morgan fingerprint density at radius 2 is 1.78 bits per heavy atom. The fourth-order valence-electron chi connectivity index (χ4n) is 3.94. The highest BCUT2D eigenvalue weighted by molar-refractivity contribution is 6.52. The Kier molecular flexibility index (Phi) is 2.93. The SMILES string of the molecule is CCc1cc2c(o1)-c1cc3c(cc1C(=O)C2=O)CCCC3(C)C. The minimum Gasteiger partial charge on any atom is -0.460 e. The fourth-order valence-corrected chi connectivity index (χ4v) is 3.94. The lowest BCUT2D eigenvalue weighted by atomic mass is 9.70. The van der Waals surface area contributed by atoms with Crippen molar-refractivity contribution >= 4 is 11.6 Å². The Morgan fingerprint density at radius 3 is 2.52 bits per heavy atom. The molecule has 0 radical (unpaired) electrons. The summed E-state index contributed by atoms with van der Waals surface area (Å²) in [4.78, 5) is 24.9. The summed E-state index contributed by atoms with van der Waals surface area (Å²) in [6.07, 6.45) is 3.93. The molecule has 0 N–H and O–H groups in total. The first-order chi connectivity index (χ1) is 10.9. The number of furan rings is 1. The monoisotopic (exact) mass is 308 g/mol. The summed E-state index contributed by atoms with van der Waals surface area (Å²) in [5.41, 5.74) is 4.30. The van der Waals surface area contributed by atoms with Crippen molar-refractivity contribution in [3.8, 4) is 11.3 Å². The van der Waals surface area contributed by atoms with Crippen LogP contribution in [0.5, 0.6) is 0 Å². The lowest BCUT2D eigenvalue weighted by Gasteiger charge is -2.33. The minimum absolute atomic E-state index is 0.0907. The molecule has 1 aromatic heterocycles. The topological polar surface area (TPSA) is 47.3 Å². The summed E-state index contributed by atoms with van der Waals surface area (Å²) in [7, 11) is 0. The van der Waals surface area contributed by atoms with Crippen LogP contribution in [0.4, 0.5) is 0 Å². The predicted octanol–water partition coefficient (Wildman–Crippen LogP) is 4.50. The molecular weight excluding hydrogens is 288 g/mol. The first kappa shape index (κ1) is 14.4. The molecule has 1 aromatic carbocycles. The van der Waals surface area contributed by atoms with Crippen LogP contribution in [-0.2, 0) is 18.3 Å². The predicted molar refractivity (Wildman–Crippen MR) is 88.1 cm³/mol. The van der Waals surface area contributed by atoms with Gasteiger partial charge in [0.25, 0.3) is 0 Å². The molecule has 2 aliphatic carbocycles. The van der Waals surface area contributed by atoms with E-state index in [4.69, 9.17) is 4.42 Å². The van der Waals surface area contributed by atoms with Gasteiger partial charge in [0.1, 0.15) is 11.5 Å². The second-order valence-corrected chi connectivity index (χ2v) is 7.26. The molecule has 0 unspecified atom stereocenters. The van der Waals surface area contributed by atoms with E-state index in [0.717, 1.165) is 30.6 Å². The molecule has 23 heavy (non-hydrogen) atoms. The number of fused-ring (bicyclic) bond motifs is 4. The van der Waals surface area contributed by atoms with Crippen molar-refractivity contribution in [1.82, 2.24) is 0 Å². The van der Waals surface area contributed by atoms with E-state index in [1.165, 1.54) is 11.1 Å². The van der Waals surface area contributed by atoms with Gasteiger partial charge in [-0.1, -0.05) is 20.8 Å². The number of carbonyl (C=O) groups is 2. The smallest absolute Gasteiger partial charge is 0.237 e. The van der Waals surface area contributed by atoms with Crippen molar-refractivity contribution in [2.75, 3.05) is 0 Å². The first-order valence-electron chi connectivity index (χ1n) is 8.32. The van der Waals surface area contributed by atoms with Gasteiger partial charge in [0.2, 0.25) is 11.6 Å². The largest absolute Gasteiger partial charge is 0.460 e. The molecule has 0 atom stereocenters. The molecule has 0 amide bonds. The molecule has 3 nitrogen and oxygen atoms in total. The van der Waals surface area contributed by atoms with Crippen molar-refractivity contribution in [1.29, 1.82) is 0 Å². The Labute approximate surface area is 135 Å². The maximum atomic E-state index is 12.5. The van der Waals surface area contributed by atoms with Crippen LogP contribution in [0, 0.1) is 0 Å². The van der Waals surface area contributed by atoms with E-state index in [9.17, 15) is 9.59 Å². The standard InChI is InChI=1S/C20H20O3/c1-4-12-9-15-18(22)17(21)13-8-11-6-5-7-20(2,3)16(11)10-14(13)19(15)23-12/h8-10H,4-7H2,1-3H3. The van der Waals surface area contributed by atoms with Crippen LogP contribution < -0.4 is 0 Å². The molecule has 0 fully saturated rings. The van der Waals surface area contributed by atoms with E-state index in [-0.39, 0.29) is 5.41 Å². The van der Waals surface area contributed by atoms with Gasteiger partial charge < -0.3 is 4.42 Å². The summed E-state index contributed by atoms with van der Waals surface area (Å²) < 4.78 is 5.89. The van der Waals surface area contributed by atoms with Gasteiger partial charge in [0.05, 0.1) is 5.56 Å². The van der Waals surface area contributed by atoms with E-state index >= 15 is 0 Å². The second kappa shape index (κ2) is 4.67. The Balaban J connectivity index is 2.01. The number of aryl methyl sites for hydroxylation is 2. The Hall–Kier alpha value is -2.16. The van der Waals surface area contributed by atoms with E-state index in [1.54, 1.807) is 6.07 Å². The number of hydrogen-bond acceptors (Lipinski definition) is 3. The van der Waals surface area contributed by atoms with E-state index in [0.29, 0.717) is 23.3 Å². The molecule has 0 saturated heterocycles. The third-order valence-electron chi connectivity index (χ3n) is 5.29. The van der Waals surface area contributed by atoms with Crippen molar-refractivity contribution in [2.45, 2.75) is 51.9 Å². The van der Waals surface area contributed by atoms with Crippen molar-refractivity contribution < 1.29 is 14.0 Å². The van der Waals surface area contributed by atoms with Crippen LogP contribution in [0.3, 0.4) is 0 Å². The van der Waals surface area contributed by atoms with Gasteiger partial charge >= 0.3 is 0 Å². The zero-order valence-corrected chi connectivity index (χ0v) is 13.8. The minimum atomic E-state index is -0.439. The maximum Gasteiger partial charge on any atom is 0.237 e. The zero-order valence-electron chi connectivity index (χ0n) is 13.8. The summed E-state index contributed by atoms with van der Waals surface area (Å²) in [5.74, 6) is 0.486. The number of hydrogen-bond donors (Lipinski definition) is 0. The molecular formula is C20H20O3. The van der Waals surface area contributed by atoms with Gasteiger partial charge in [-0.15, -0.1) is 0 Å². The van der Waals surface area contributed by atoms with Crippen molar-refractivity contribution in [3.05, 3.63) is 46.2 Å². The lowest BCUT2D eigenvalue weighted by Crippen LogP contribution is -2.26. The van der Waals surface area contributed by atoms with Crippen LogP contribution in [0.15, 0.2) is 22.6 Å². The van der Waals surface area contributed by atoms with Gasteiger partial charge in [-0.25, -0.2) is 0 Å². The third-order valence-corrected chi connectivity index (χ3v) is 5.29. The molecule has 3 heteroatoms. The third kappa shape index (κ3) is 1.95. The second-order valence-electron chi connectivity index (χ2n) is 7.26. The number of benzene rings is 1. The maximum absolute atomic E-state index is 12.5. The Morgan fingerprint density at radius 1 is 1.04 bits per heavy atom. The summed E-state index contributed by atoms with van der Waals surface area (Å²) in [6, 6.07) is 5.75. The van der Waals surface area contributed by atoms with Crippen LogP contribution in [0.25, 0.3) is 11.3 Å². The Bertz CT molecular complexity index is 852. The van der Waals surface area contributed by atoms with Gasteiger partial charge in [-0.05, 0) is 54.0 Å². The number of ketones is 2. The van der Waals surface area contributed by atoms with Crippen molar-refractivity contribution in [2.24, 2.45) is 0 Å². The number of Topliss-reactive ketones (excluding diaryl/α,β-unsaturated/α-hetero) is 2. The number of carbonyl (C=O) groups excluding carboxylic acids is 2. The average molecular weight is 308 g/mol. The molecule has 2 aromatic rings. The summed E-state index contributed by atoms with van der Waals surface area (Å²) >= 11 is 0. The summed E-state index contributed by atoms with van der Waals surface area (Å²) in [6.45, 7) is 6.47. The molecule has 0 aliphatic heterocycles. The quantitative estimate of drug-likeness (QED) is 0.729. The lowest BCUT2D eigenvalue weighted by molar-refractivity contribution is 0.0814. The van der Waals surface area contributed by atoms with E-state index < -0.39 is 11.6 Å². The van der Waals surface area contributed by atoms with Crippen LogP contribution in [0.1, 0.15) is 71.2 Å². The van der Waals surface area contributed by atoms with E-state index in [1.807, 2.05) is 13.0 Å². The van der Waals surface area contributed by atoms with E-state index in [2.05, 4.69) is 19.9 Å². The van der Waals surface area contributed by atoms with Crippen LogP contribution in [-0.4, -0.2) is 11.6 Å². The van der Waals surface area contributed by atoms with Gasteiger partial charge in [0, 0.05) is 17.5 Å². The normalized spacial score (nSPS) is 18.4. The average Bonchev–Trinajstić information content (AvgIpc) is 2.96. The molecule has 2 aliphatic rings.